The zero-order valence-corrected chi connectivity index (χ0v) is 15.1. The molecule has 0 radical (unpaired) electrons. The first-order valence-corrected chi connectivity index (χ1v) is 8.79. The third-order valence-corrected chi connectivity index (χ3v) is 4.96. The van der Waals surface area contributed by atoms with Crippen LogP contribution in [0.2, 0.25) is 0 Å². The van der Waals surface area contributed by atoms with E-state index < -0.39 is 0 Å². The average Bonchev–Trinajstić information content (AvgIpc) is 3.27. The molecule has 0 atom stereocenters. The van der Waals surface area contributed by atoms with Gasteiger partial charge in [-0.3, -0.25) is 4.57 Å². The molecule has 7 heteroatoms. The number of pyridine rings is 1. The molecule has 0 unspecified atom stereocenters. The van der Waals surface area contributed by atoms with Crippen LogP contribution >= 0.6 is 15.9 Å². The molecule has 1 aliphatic heterocycles. The van der Waals surface area contributed by atoms with Gasteiger partial charge in [-0.1, -0.05) is 12.1 Å². The van der Waals surface area contributed by atoms with E-state index >= 15 is 0 Å². The predicted molar refractivity (Wildman–Crippen MR) is 99.5 cm³/mol. The van der Waals surface area contributed by atoms with Gasteiger partial charge in [0.15, 0.2) is 5.82 Å². The van der Waals surface area contributed by atoms with Crippen LogP contribution in [0, 0.1) is 11.3 Å². The summed E-state index contributed by atoms with van der Waals surface area (Å²) in [6.45, 7) is 0.643. The van der Waals surface area contributed by atoms with Crippen LogP contribution in [0.5, 0.6) is 0 Å². The van der Waals surface area contributed by atoms with Gasteiger partial charge in [0.1, 0.15) is 10.9 Å². The number of nitriles is 1. The summed E-state index contributed by atoms with van der Waals surface area (Å²) in [5.74, 6) is 0.785. The van der Waals surface area contributed by atoms with Gasteiger partial charge in [0, 0.05) is 11.8 Å². The molecule has 5 rings (SSSR count). The first-order chi connectivity index (χ1) is 12.7. The SMILES string of the molecule is N#Cc1ccc(-c2cc3n(c2)Cc2nc(Br)ccc2-n2cnnc2-3)cc1. The molecule has 0 bridgehead atoms. The van der Waals surface area contributed by atoms with Gasteiger partial charge in [-0.05, 0) is 51.8 Å². The number of hydrogen-bond acceptors (Lipinski definition) is 4. The molecule has 124 valence electrons. The molecule has 0 saturated heterocycles. The summed E-state index contributed by atoms with van der Waals surface area (Å²) in [6, 6.07) is 15.8. The molecule has 4 heterocycles. The zero-order chi connectivity index (χ0) is 17.7. The fraction of sp³-hybridized carbons (Fsp3) is 0.0526. The van der Waals surface area contributed by atoms with Gasteiger partial charge in [-0.15, -0.1) is 10.2 Å². The van der Waals surface area contributed by atoms with E-state index in [1.54, 1.807) is 6.33 Å². The van der Waals surface area contributed by atoms with Gasteiger partial charge < -0.3 is 4.57 Å². The van der Waals surface area contributed by atoms with E-state index in [1.165, 1.54) is 0 Å². The lowest BCUT2D eigenvalue weighted by atomic mass is 10.1. The summed E-state index contributed by atoms with van der Waals surface area (Å²) in [7, 11) is 0. The van der Waals surface area contributed by atoms with Crippen molar-refractivity contribution in [1.29, 1.82) is 5.26 Å². The molecule has 1 aromatic carbocycles. The van der Waals surface area contributed by atoms with Crippen molar-refractivity contribution in [3.63, 3.8) is 0 Å². The standard InChI is InChI=1S/C19H11BrN6/c20-18-6-5-16-15(23-18)10-25-9-14(13-3-1-12(8-21)2-4-13)7-17(25)19-24-22-11-26(16)19/h1-7,9,11H,10H2. The molecular formula is C19H11BrN6. The van der Waals surface area contributed by atoms with Crippen molar-refractivity contribution >= 4 is 15.9 Å². The van der Waals surface area contributed by atoms with E-state index in [9.17, 15) is 0 Å². The Morgan fingerprint density at radius 1 is 1.08 bits per heavy atom. The lowest BCUT2D eigenvalue weighted by Gasteiger charge is -2.07. The Kier molecular flexibility index (Phi) is 3.27. The van der Waals surface area contributed by atoms with Gasteiger partial charge in [0.2, 0.25) is 0 Å². The fourth-order valence-electron chi connectivity index (χ4n) is 3.27. The van der Waals surface area contributed by atoms with Crippen LogP contribution in [0.4, 0.5) is 0 Å². The van der Waals surface area contributed by atoms with E-state index in [4.69, 9.17) is 5.26 Å². The highest BCUT2D eigenvalue weighted by Gasteiger charge is 2.22. The first-order valence-electron chi connectivity index (χ1n) is 8.00. The van der Waals surface area contributed by atoms with Gasteiger partial charge in [-0.25, -0.2) is 4.98 Å². The Balaban J connectivity index is 1.68. The minimum Gasteiger partial charge on any atom is -0.338 e. The smallest absolute Gasteiger partial charge is 0.185 e. The third-order valence-electron chi connectivity index (χ3n) is 4.52. The second-order valence-corrected chi connectivity index (χ2v) is 6.87. The monoisotopic (exact) mass is 402 g/mol. The van der Waals surface area contributed by atoms with Gasteiger partial charge in [-0.2, -0.15) is 5.26 Å². The molecule has 1 aliphatic rings. The number of nitrogens with zero attached hydrogens (tertiary/aromatic N) is 6. The van der Waals surface area contributed by atoms with Gasteiger partial charge >= 0.3 is 0 Å². The molecule has 0 amide bonds. The number of rotatable bonds is 1. The number of hydrogen-bond donors (Lipinski definition) is 0. The lowest BCUT2D eigenvalue weighted by molar-refractivity contribution is 0.788. The summed E-state index contributed by atoms with van der Waals surface area (Å²) in [5, 5.41) is 17.4. The van der Waals surface area contributed by atoms with Crippen LogP contribution in [0.3, 0.4) is 0 Å². The summed E-state index contributed by atoms with van der Waals surface area (Å²) < 4.78 is 4.91. The summed E-state index contributed by atoms with van der Waals surface area (Å²) in [5.41, 5.74) is 5.68. The van der Waals surface area contributed by atoms with E-state index in [-0.39, 0.29) is 0 Å². The molecular weight excluding hydrogens is 392 g/mol. The van der Waals surface area contributed by atoms with Gasteiger partial charge in [0.25, 0.3) is 0 Å². The van der Waals surface area contributed by atoms with Crippen LogP contribution in [-0.4, -0.2) is 24.3 Å². The highest BCUT2D eigenvalue weighted by Crippen LogP contribution is 2.33. The molecule has 26 heavy (non-hydrogen) atoms. The Morgan fingerprint density at radius 3 is 2.73 bits per heavy atom. The van der Waals surface area contributed by atoms with Crippen molar-refractivity contribution < 1.29 is 0 Å². The topological polar surface area (TPSA) is 72.3 Å². The predicted octanol–water partition coefficient (Wildman–Crippen LogP) is 3.79. The zero-order valence-electron chi connectivity index (χ0n) is 13.5. The minimum atomic E-state index is 0.643. The summed E-state index contributed by atoms with van der Waals surface area (Å²) >= 11 is 3.45. The second-order valence-electron chi connectivity index (χ2n) is 6.06. The second kappa shape index (κ2) is 5.64. The molecule has 0 fully saturated rings. The normalized spacial score (nSPS) is 11.8. The fourth-order valence-corrected chi connectivity index (χ4v) is 3.62. The molecule has 0 aliphatic carbocycles. The van der Waals surface area contributed by atoms with E-state index in [0.717, 1.165) is 38.6 Å². The van der Waals surface area contributed by atoms with Crippen molar-refractivity contribution in [3.8, 4) is 34.4 Å². The Morgan fingerprint density at radius 2 is 1.92 bits per heavy atom. The van der Waals surface area contributed by atoms with Crippen molar-refractivity contribution in [2.75, 3.05) is 0 Å². The maximum atomic E-state index is 8.98. The molecule has 0 saturated carbocycles. The molecule has 4 aromatic rings. The largest absolute Gasteiger partial charge is 0.338 e. The van der Waals surface area contributed by atoms with Crippen molar-refractivity contribution in [3.05, 3.63) is 70.8 Å². The van der Waals surface area contributed by atoms with Crippen molar-refractivity contribution in [1.82, 2.24) is 24.3 Å². The van der Waals surface area contributed by atoms with E-state index in [1.807, 2.05) is 41.0 Å². The lowest BCUT2D eigenvalue weighted by Crippen LogP contribution is -2.03. The molecule has 0 N–H and O–H groups in total. The average molecular weight is 403 g/mol. The molecule has 0 spiro atoms. The summed E-state index contributed by atoms with van der Waals surface area (Å²) in [4.78, 5) is 4.64. The van der Waals surface area contributed by atoms with E-state index in [2.05, 4.69) is 54.0 Å². The maximum absolute atomic E-state index is 8.98. The van der Waals surface area contributed by atoms with Crippen LogP contribution in [-0.2, 0) is 6.54 Å². The maximum Gasteiger partial charge on any atom is 0.185 e. The van der Waals surface area contributed by atoms with Crippen molar-refractivity contribution in [2.45, 2.75) is 6.54 Å². The Hall–Kier alpha value is -3.24. The Bertz CT molecular complexity index is 1180. The minimum absolute atomic E-state index is 0.643. The first kappa shape index (κ1) is 15.0. The van der Waals surface area contributed by atoms with Crippen molar-refractivity contribution in [2.24, 2.45) is 0 Å². The van der Waals surface area contributed by atoms with E-state index in [0.29, 0.717) is 12.1 Å². The number of aromatic nitrogens is 5. The number of fused-ring (bicyclic) bond motifs is 5. The van der Waals surface area contributed by atoms with Gasteiger partial charge in [0.05, 0.1) is 35.3 Å². The summed E-state index contributed by atoms with van der Waals surface area (Å²) in [6.07, 6.45) is 3.81. The van der Waals surface area contributed by atoms with Crippen LogP contribution in [0.25, 0.3) is 28.3 Å². The Labute approximate surface area is 157 Å². The highest BCUT2D eigenvalue weighted by molar-refractivity contribution is 9.10. The van der Waals surface area contributed by atoms with Crippen LogP contribution in [0.1, 0.15) is 11.3 Å². The molecule has 6 nitrogen and oxygen atoms in total. The number of halogens is 1. The van der Waals surface area contributed by atoms with Crippen LogP contribution in [0.15, 0.2) is 59.6 Å². The van der Waals surface area contributed by atoms with Crippen LogP contribution < -0.4 is 0 Å². The molecule has 3 aromatic heterocycles. The quantitative estimate of drug-likeness (QED) is 0.399. The third kappa shape index (κ3) is 2.27. The highest BCUT2D eigenvalue weighted by atomic mass is 79.9. The number of benzene rings is 1.